The lowest BCUT2D eigenvalue weighted by atomic mass is 10.4. The number of hydrogen-bond donors (Lipinski definition) is 1. The number of nitrogens with zero attached hydrogens (tertiary/aromatic N) is 3. The quantitative estimate of drug-likeness (QED) is 0.682. The molecular formula is C7H14N4. The van der Waals surface area contributed by atoms with Crippen molar-refractivity contribution in [2.75, 3.05) is 0 Å². The first kappa shape index (κ1) is 8.20. The molecule has 4 heteroatoms. The predicted octanol–water partition coefficient (Wildman–Crippen LogP) is 0.319. The van der Waals surface area contributed by atoms with E-state index in [2.05, 4.69) is 28.6 Å². The number of nitrogens with two attached hydrogens (primary N) is 1. The second-order valence-corrected chi connectivity index (χ2v) is 2.33. The van der Waals surface area contributed by atoms with E-state index in [0.717, 1.165) is 24.6 Å². The van der Waals surface area contributed by atoms with Crippen LogP contribution in [0.5, 0.6) is 0 Å². The van der Waals surface area contributed by atoms with Crippen LogP contribution in [0.25, 0.3) is 0 Å². The molecule has 4 nitrogen and oxygen atoms in total. The van der Waals surface area contributed by atoms with Crippen LogP contribution in [0.3, 0.4) is 0 Å². The minimum absolute atomic E-state index is 0.473. The van der Waals surface area contributed by atoms with E-state index in [4.69, 9.17) is 5.73 Å². The second-order valence-electron chi connectivity index (χ2n) is 2.33. The van der Waals surface area contributed by atoms with Gasteiger partial charge in [-0.2, -0.15) is 0 Å². The van der Waals surface area contributed by atoms with Gasteiger partial charge in [0, 0.05) is 13.0 Å². The van der Waals surface area contributed by atoms with Crippen molar-refractivity contribution in [2.24, 2.45) is 5.73 Å². The molecule has 0 atom stereocenters. The first-order valence-corrected chi connectivity index (χ1v) is 3.94. The van der Waals surface area contributed by atoms with E-state index in [1.807, 2.05) is 0 Å². The van der Waals surface area contributed by atoms with Gasteiger partial charge in [0.15, 0.2) is 0 Å². The molecule has 2 N–H and O–H groups in total. The van der Waals surface area contributed by atoms with Crippen LogP contribution in [-0.2, 0) is 19.5 Å². The van der Waals surface area contributed by atoms with Crippen molar-refractivity contribution in [3.05, 3.63) is 11.6 Å². The molecule has 0 amide bonds. The fourth-order valence-corrected chi connectivity index (χ4v) is 1.15. The minimum atomic E-state index is 0.473. The summed E-state index contributed by atoms with van der Waals surface area (Å²) in [6.07, 6.45) is 0.917. The van der Waals surface area contributed by atoms with E-state index in [1.165, 1.54) is 0 Å². The lowest BCUT2D eigenvalue weighted by molar-refractivity contribution is 0.664. The summed E-state index contributed by atoms with van der Waals surface area (Å²) >= 11 is 0. The summed E-state index contributed by atoms with van der Waals surface area (Å²) in [5.74, 6) is 1.90. The first-order chi connectivity index (χ1) is 5.33. The molecular weight excluding hydrogens is 140 g/mol. The zero-order valence-electron chi connectivity index (χ0n) is 7.04. The SMILES string of the molecule is CCc1nnc(CN)n1CC. The van der Waals surface area contributed by atoms with Crippen molar-refractivity contribution >= 4 is 0 Å². The van der Waals surface area contributed by atoms with Gasteiger partial charge in [-0.25, -0.2) is 0 Å². The zero-order chi connectivity index (χ0) is 8.27. The zero-order valence-corrected chi connectivity index (χ0v) is 7.04. The van der Waals surface area contributed by atoms with E-state index in [0.29, 0.717) is 6.54 Å². The third-order valence-corrected chi connectivity index (χ3v) is 1.72. The van der Waals surface area contributed by atoms with Crippen LogP contribution in [-0.4, -0.2) is 14.8 Å². The van der Waals surface area contributed by atoms with Crippen molar-refractivity contribution in [2.45, 2.75) is 33.4 Å². The molecule has 0 fully saturated rings. The van der Waals surface area contributed by atoms with Crippen LogP contribution in [0.1, 0.15) is 25.5 Å². The highest BCUT2D eigenvalue weighted by Crippen LogP contribution is 2.01. The Labute approximate surface area is 66.4 Å². The fourth-order valence-electron chi connectivity index (χ4n) is 1.15. The molecule has 0 bridgehead atoms. The second kappa shape index (κ2) is 3.48. The molecule has 1 heterocycles. The summed E-state index contributed by atoms with van der Waals surface area (Å²) in [5, 5.41) is 7.97. The molecule has 1 rings (SSSR count). The molecule has 0 unspecified atom stereocenters. The van der Waals surface area contributed by atoms with Crippen LogP contribution >= 0.6 is 0 Å². The highest BCUT2D eigenvalue weighted by Gasteiger charge is 2.05. The van der Waals surface area contributed by atoms with E-state index >= 15 is 0 Å². The maximum absolute atomic E-state index is 5.47. The Morgan fingerprint density at radius 3 is 2.36 bits per heavy atom. The Morgan fingerprint density at radius 2 is 1.91 bits per heavy atom. The number of rotatable bonds is 3. The monoisotopic (exact) mass is 154 g/mol. The smallest absolute Gasteiger partial charge is 0.146 e. The van der Waals surface area contributed by atoms with Gasteiger partial charge in [-0.3, -0.25) is 0 Å². The topological polar surface area (TPSA) is 56.7 Å². The summed E-state index contributed by atoms with van der Waals surface area (Å²) in [5.41, 5.74) is 5.47. The lowest BCUT2D eigenvalue weighted by Gasteiger charge is -2.02. The Hall–Kier alpha value is -0.900. The molecule has 1 aromatic rings. The molecule has 0 saturated carbocycles. The minimum Gasteiger partial charge on any atom is -0.324 e. The maximum atomic E-state index is 5.47. The maximum Gasteiger partial charge on any atom is 0.146 e. The van der Waals surface area contributed by atoms with Crippen LogP contribution in [0.2, 0.25) is 0 Å². The summed E-state index contributed by atoms with van der Waals surface area (Å²) in [4.78, 5) is 0. The lowest BCUT2D eigenvalue weighted by Crippen LogP contribution is -2.09. The standard InChI is InChI=1S/C7H14N4/c1-3-6-9-10-7(5-8)11(6)4-2/h3-5,8H2,1-2H3. The molecule has 11 heavy (non-hydrogen) atoms. The van der Waals surface area contributed by atoms with Gasteiger partial charge in [-0.05, 0) is 6.92 Å². The highest BCUT2D eigenvalue weighted by atomic mass is 15.3. The summed E-state index contributed by atoms with van der Waals surface area (Å²) < 4.78 is 2.06. The molecule has 0 aromatic carbocycles. The third-order valence-electron chi connectivity index (χ3n) is 1.72. The first-order valence-electron chi connectivity index (χ1n) is 3.94. The third kappa shape index (κ3) is 1.40. The average molecular weight is 154 g/mol. The van der Waals surface area contributed by atoms with Gasteiger partial charge in [0.25, 0.3) is 0 Å². The van der Waals surface area contributed by atoms with E-state index < -0.39 is 0 Å². The Balaban J connectivity index is 2.99. The van der Waals surface area contributed by atoms with Crippen molar-refractivity contribution in [3.63, 3.8) is 0 Å². The van der Waals surface area contributed by atoms with Crippen molar-refractivity contribution < 1.29 is 0 Å². The molecule has 0 radical (unpaired) electrons. The van der Waals surface area contributed by atoms with E-state index in [1.54, 1.807) is 0 Å². The van der Waals surface area contributed by atoms with Gasteiger partial charge >= 0.3 is 0 Å². The number of hydrogen-bond acceptors (Lipinski definition) is 3. The van der Waals surface area contributed by atoms with E-state index in [9.17, 15) is 0 Å². The Kier molecular flexibility index (Phi) is 2.59. The molecule has 0 saturated heterocycles. The van der Waals surface area contributed by atoms with Gasteiger partial charge in [0.1, 0.15) is 11.6 Å². The largest absolute Gasteiger partial charge is 0.324 e. The number of aromatic nitrogens is 3. The fraction of sp³-hybridized carbons (Fsp3) is 0.714. The summed E-state index contributed by atoms with van der Waals surface area (Å²) in [6.45, 7) is 5.52. The highest BCUT2D eigenvalue weighted by molar-refractivity contribution is 4.94. The molecule has 0 aliphatic heterocycles. The van der Waals surface area contributed by atoms with Gasteiger partial charge in [-0.1, -0.05) is 6.92 Å². The molecule has 1 aromatic heterocycles. The number of aryl methyl sites for hydroxylation is 1. The van der Waals surface area contributed by atoms with Crippen LogP contribution in [0.4, 0.5) is 0 Å². The van der Waals surface area contributed by atoms with Crippen molar-refractivity contribution in [1.82, 2.24) is 14.8 Å². The summed E-state index contributed by atoms with van der Waals surface area (Å²) in [6, 6.07) is 0. The van der Waals surface area contributed by atoms with Crippen molar-refractivity contribution in [3.8, 4) is 0 Å². The molecule has 0 aliphatic carbocycles. The van der Waals surface area contributed by atoms with Crippen LogP contribution < -0.4 is 5.73 Å². The van der Waals surface area contributed by atoms with E-state index in [-0.39, 0.29) is 0 Å². The average Bonchev–Trinajstić information content (AvgIpc) is 2.45. The van der Waals surface area contributed by atoms with Gasteiger partial charge in [-0.15, -0.1) is 10.2 Å². The normalized spacial score (nSPS) is 10.5. The van der Waals surface area contributed by atoms with Crippen molar-refractivity contribution in [1.29, 1.82) is 0 Å². The molecule has 0 spiro atoms. The Bertz CT molecular complexity index is 207. The molecule has 0 aliphatic rings. The van der Waals surface area contributed by atoms with Crippen LogP contribution in [0, 0.1) is 0 Å². The molecule has 62 valence electrons. The van der Waals surface area contributed by atoms with Gasteiger partial charge in [0.2, 0.25) is 0 Å². The Morgan fingerprint density at radius 1 is 1.27 bits per heavy atom. The van der Waals surface area contributed by atoms with Crippen LogP contribution in [0.15, 0.2) is 0 Å². The van der Waals surface area contributed by atoms with Gasteiger partial charge < -0.3 is 10.3 Å². The predicted molar refractivity (Wildman–Crippen MR) is 43.0 cm³/mol. The van der Waals surface area contributed by atoms with Gasteiger partial charge in [0.05, 0.1) is 6.54 Å². The summed E-state index contributed by atoms with van der Waals surface area (Å²) in [7, 11) is 0.